The van der Waals surface area contributed by atoms with Crippen LogP contribution in [0.3, 0.4) is 0 Å². The topological polar surface area (TPSA) is 77.9 Å². The third kappa shape index (κ3) is 3.52. The van der Waals surface area contributed by atoms with E-state index in [-0.39, 0.29) is 43.4 Å². The van der Waals surface area contributed by atoms with E-state index in [1.807, 2.05) is 33.8 Å². The van der Waals surface area contributed by atoms with Crippen LogP contribution in [0.15, 0.2) is 35.2 Å². The van der Waals surface area contributed by atoms with Gasteiger partial charge in [0.15, 0.2) is 0 Å². The third-order valence-corrected chi connectivity index (χ3v) is 7.73. The highest BCUT2D eigenvalue weighted by Gasteiger charge is 2.33. The van der Waals surface area contributed by atoms with Crippen molar-refractivity contribution in [2.45, 2.75) is 32.6 Å². The van der Waals surface area contributed by atoms with Gasteiger partial charge in [0, 0.05) is 26.2 Å². The number of carbonyl (C=O) groups is 1. The first kappa shape index (κ1) is 20.4. The fourth-order valence-electron chi connectivity index (χ4n) is 3.65. The van der Waals surface area contributed by atoms with E-state index >= 15 is 0 Å². The smallest absolute Gasteiger partial charge is 0.257 e. The van der Waals surface area contributed by atoms with E-state index < -0.39 is 10.0 Å². The van der Waals surface area contributed by atoms with Gasteiger partial charge in [-0.25, -0.2) is 8.42 Å². The van der Waals surface area contributed by atoms with Crippen LogP contribution in [0.2, 0.25) is 0 Å². The molecular weight excluding hydrogens is 376 g/mol. The molecular formula is C21H26N2O4S. The van der Waals surface area contributed by atoms with Crippen molar-refractivity contribution < 1.29 is 18.3 Å². The fourth-order valence-corrected chi connectivity index (χ4v) is 5.65. The quantitative estimate of drug-likeness (QED) is 0.856. The van der Waals surface area contributed by atoms with Crippen molar-refractivity contribution >= 4 is 15.9 Å². The lowest BCUT2D eigenvalue weighted by atomic mass is 10.0. The molecule has 28 heavy (non-hydrogen) atoms. The van der Waals surface area contributed by atoms with Crippen LogP contribution in [-0.4, -0.2) is 54.8 Å². The van der Waals surface area contributed by atoms with Gasteiger partial charge in [0.2, 0.25) is 10.0 Å². The Morgan fingerprint density at radius 2 is 1.46 bits per heavy atom. The Labute approximate surface area is 166 Å². The van der Waals surface area contributed by atoms with Crippen LogP contribution < -0.4 is 0 Å². The van der Waals surface area contributed by atoms with Crippen LogP contribution >= 0.6 is 0 Å². The molecule has 2 aromatic carbocycles. The van der Waals surface area contributed by atoms with Crippen LogP contribution in [0.4, 0.5) is 0 Å². The Morgan fingerprint density at radius 3 is 2.00 bits per heavy atom. The van der Waals surface area contributed by atoms with Gasteiger partial charge in [-0.3, -0.25) is 4.79 Å². The Balaban J connectivity index is 1.82. The lowest BCUT2D eigenvalue weighted by Gasteiger charge is -2.35. The van der Waals surface area contributed by atoms with E-state index in [0.29, 0.717) is 4.90 Å². The van der Waals surface area contributed by atoms with Crippen LogP contribution in [0.5, 0.6) is 5.75 Å². The van der Waals surface area contributed by atoms with Gasteiger partial charge in [-0.05, 0) is 62.1 Å². The van der Waals surface area contributed by atoms with Gasteiger partial charge in [0.25, 0.3) is 5.91 Å². The summed E-state index contributed by atoms with van der Waals surface area (Å²) in [7, 11) is -3.64. The summed E-state index contributed by atoms with van der Waals surface area (Å²) in [6, 6.07) is 8.40. The second-order valence-corrected chi connectivity index (χ2v) is 9.18. The molecule has 1 amide bonds. The van der Waals surface area contributed by atoms with Gasteiger partial charge < -0.3 is 10.0 Å². The van der Waals surface area contributed by atoms with Crippen LogP contribution in [-0.2, 0) is 10.0 Å². The summed E-state index contributed by atoms with van der Waals surface area (Å²) in [6.45, 7) is 8.55. The van der Waals surface area contributed by atoms with Crippen LogP contribution in [0, 0.1) is 27.7 Å². The van der Waals surface area contributed by atoms with E-state index in [1.165, 1.54) is 10.4 Å². The molecule has 6 nitrogen and oxygen atoms in total. The van der Waals surface area contributed by atoms with Crippen LogP contribution in [0.1, 0.15) is 32.6 Å². The highest BCUT2D eigenvalue weighted by atomic mass is 32.2. The molecule has 0 saturated carbocycles. The van der Waals surface area contributed by atoms with E-state index in [9.17, 15) is 18.3 Å². The number of aryl methyl sites for hydroxylation is 2. The zero-order valence-electron chi connectivity index (χ0n) is 16.7. The lowest BCUT2D eigenvalue weighted by molar-refractivity contribution is 0.0695. The number of sulfonamides is 1. The monoisotopic (exact) mass is 402 g/mol. The number of phenolic OH excluding ortho intramolecular Hbond substituents is 1. The van der Waals surface area contributed by atoms with Gasteiger partial charge in [-0.1, -0.05) is 18.2 Å². The van der Waals surface area contributed by atoms with Gasteiger partial charge >= 0.3 is 0 Å². The molecule has 0 bridgehead atoms. The van der Waals surface area contributed by atoms with E-state index in [2.05, 4.69) is 0 Å². The van der Waals surface area contributed by atoms with E-state index in [4.69, 9.17) is 0 Å². The lowest BCUT2D eigenvalue weighted by Crippen LogP contribution is -2.50. The second-order valence-electron chi connectivity index (χ2n) is 7.30. The fraction of sp³-hybridized carbons (Fsp3) is 0.381. The number of benzene rings is 2. The highest BCUT2D eigenvalue weighted by molar-refractivity contribution is 7.89. The first-order chi connectivity index (χ1) is 13.1. The van der Waals surface area contributed by atoms with Gasteiger partial charge in [0.05, 0.1) is 10.5 Å². The molecule has 0 unspecified atom stereocenters. The first-order valence-electron chi connectivity index (χ1n) is 9.29. The second kappa shape index (κ2) is 7.56. The first-order valence-corrected chi connectivity index (χ1v) is 10.7. The molecule has 0 atom stereocenters. The number of aromatic hydroxyl groups is 1. The average molecular weight is 403 g/mol. The number of amides is 1. The van der Waals surface area contributed by atoms with Gasteiger partial charge in [-0.15, -0.1) is 0 Å². The van der Waals surface area contributed by atoms with Crippen LogP contribution in [0.25, 0.3) is 0 Å². The average Bonchev–Trinajstić information content (AvgIpc) is 2.66. The normalized spacial score (nSPS) is 15.6. The molecule has 1 N–H and O–H groups in total. The molecule has 0 spiro atoms. The maximum Gasteiger partial charge on any atom is 0.257 e. The Hall–Kier alpha value is -2.38. The molecule has 1 fully saturated rings. The molecule has 1 aliphatic rings. The number of piperazine rings is 1. The predicted molar refractivity (Wildman–Crippen MR) is 108 cm³/mol. The summed E-state index contributed by atoms with van der Waals surface area (Å²) in [4.78, 5) is 14.6. The van der Waals surface area contributed by atoms with E-state index in [1.54, 1.807) is 23.1 Å². The van der Waals surface area contributed by atoms with Gasteiger partial charge in [-0.2, -0.15) is 4.31 Å². The molecule has 0 radical (unpaired) electrons. The van der Waals surface area contributed by atoms with Crippen molar-refractivity contribution in [3.05, 3.63) is 58.1 Å². The summed E-state index contributed by atoms with van der Waals surface area (Å²) in [6.07, 6.45) is 0. The maximum absolute atomic E-state index is 13.3. The molecule has 1 heterocycles. The summed E-state index contributed by atoms with van der Waals surface area (Å²) in [5.41, 5.74) is 3.69. The zero-order chi connectivity index (χ0) is 20.6. The number of carbonyl (C=O) groups excluding carboxylic acids is 1. The summed E-state index contributed by atoms with van der Waals surface area (Å²) < 4.78 is 28.1. The Kier molecular flexibility index (Phi) is 5.50. The Morgan fingerprint density at radius 1 is 0.929 bits per heavy atom. The molecule has 150 valence electrons. The molecule has 0 aromatic heterocycles. The molecule has 1 saturated heterocycles. The minimum absolute atomic E-state index is 0.0657. The standard InChI is InChI=1S/C21H26N2O4S/c1-14-13-15(2)17(4)20(16(14)3)28(26,27)23-11-9-22(10-12-23)21(25)18-7-5-6-8-19(18)24/h5-8,13,24H,9-12H2,1-4H3. The van der Waals surface area contributed by atoms with Crippen molar-refractivity contribution in [1.29, 1.82) is 0 Å². The minimum atomic E-state index is -3.64. The minimum Gasteiger partial charge on any atom is -0.507 e. The third-order valence-electron chi connectivity index (χ3n) is 5.56. The summed E-state index contributed by atoms with van der Waals surface area (Å²) >= 11 is 0. The number of phenols is 1. The molecule has 0 aliphatic carbocycles. The summed E-state index contributed by atoms with van der Waals surface area (Å²) in [5, 5.41) is 9.90. The zero-order valence-corrected chi connectivity index (χ0v) is 17.5. The van der Waals surface area contributed by atoms with E-state index in [0.717, 1.165) is 22.3 Å². The van der Waals surface area contributed by atoms with Crippen molar-refractivity contribution in [1.82, 2.24) is 9.21 Å². The highest BCUT2D eigenvalue weighted by Crippen LogP contribution is 2.29. The number of hydrogen-bond acceptors (Lipinski definition) is 4. The molecule has 7 heteroatoms. The Bertz CT molecular complexity index is 997. The van der Waals surface area contributed by atoms with Crippen molar-refractivity contribution in [3.8, 4) is 5.75 Å². The van der Waals surface area contributed by atoms with Crippen molar-refractivity contribution in [3.63, 3.8) is 0 Å². The summed E-state index contributed by atoms with van der Waals surface area (Å²) in [5.74, 6) is -0.349. The molecule has 1 aliphatic heterocycles. The van der Waals surface area contributed by atoms with Gasteiger partial charge in [0.1, 0.15) is 5.75 Å². The maximum atomic E-state index is 13.3. The predicted octanol–water partition coefficient (Wildman–Crippen LogP) is 2.77. The number of nitrogens with zero attached hydrogens (tertiary/aromatic N) is 2. The number of para-hydroxylation sites is 1. The number of hydrogen-bond donors (Lipinski definition) is 1. The van der Waals surface area contributed by atoms with Crippen molar-refractivity contribution in [2.75, 3.05) is 26.2 Å². The SMILES string of the molecule is Cc1cc(C)c(C)c(S(=O)(=O)N2CCN(C(=O)c3ccccc3O)CC2)c1C. The number of rotatable bonds is 3. The molecule has 3 rings (SSSR count). The van der Waals surface area contributed by atoms with Crippen molar-refractivity contribution in [2.24, 2.45) is 0 Å². The molecule has 2 aromatic rings. The largest absolute Gasteiger partial charge is 0.507 e.